The lowest BCUT2D eigenvalue weighted by atomic mass is 10.0. The van der Waals surface area contributed by atoms with Gasteiger partial charge < -0.3 is 5.32 Å². The molecule has 1 unspecified atom stereocenters. The average molecular weight is 358 g/mol. The van der Waals surface area contributed by atoms with Crippen molar-refractivity contribution in [2.45, 2.75) is 19.9 Å². The fourth-order valence-electron chi connectivity index (χ4n) is 2.13. The van der Waals surface area contributed by atoms with Gasteiger partial charge in [-0.3, -0.25) is 30.2 Å². The molecule has 0 saturated heterocycles. The summed E-state index contributed by atoms with van der Waals surface area (Å²) in [5.74, 6) is -2.32. The highest BCUT2D eigenvalue weighted by atomic mass is 19.1. The molecule has 26 heavy (non-hydrogen) atoms. The second-order valence-electron chi connectivity index (χ2n) is 5.89. The van der Waals surface area contributed by atoms with Gasteiger partial charge in [0.15, 0.2) is 0 Å². The van der Waals surface area contributed by atoms with E-state index < -0.39 is 29.6 Å². The second kappa shape index (κ2) is 8.70. The van der Waals surface area contributed by atoms with Crippen molar-refractivity contribution < 1.29 is 18.8 Å². The number of nitrogens with zero attached hydrogens (tertiary/aromatic N) is 1. The van der Waals surface area contributed by atoms with Crippen LogP contribution in [0.5, 0.6) is 0 Å². The van der Waals surface area contributed by atoms with Crippen molar-refractivity contribution in [2.24, 2.45) is 5.92 Å². The predicted molar refractivity (Wildman–Crippen MR) is 92.3 cm³/mol. The third-order valence-electron chi connectivity index (χ3n) is 3.57. The maximum Gasteiger partial charge on any atom is 0.271 e. The Bertz CT molecular complexity index is 779. The first kappa shape index (κ1) is 19.0. The zero-order chi connectivity index (χ0) is 19.1. The minimum Gasteiger partial charge on any atom is -0.340 e. The summed E-state index contributed by atoms with van der Waals surface area (Å²) >= 11 is 0. The fourth-order valence-corrected chi connectivity index (χ4v) is 2.13. The SMILES string of the molecule is CC(C)C(NC(=O)c1ccc(F)cc1)C(=O)NNC(=O)c1cccnc1. The fraction of sp³-hybridized carbons (Fsp3) is 0.222. The summed E-state index contributed by atoms with van der Waals surface area (Å²) in [4.78, 5) is 40.3. The summed E-state index contributed by atoms with van der Waals surface area (Å²) in [6.07, 6.45) is 2.88. The quantitative estimate of drug-likeness (QED) is 0.704. The van der Waals surface area contributed by atoms with Gasteiger partial charge in [0.25, 0.3) is 17.7 Å². The summed E-state index contributed by atoms with van der Waals surface area (Å²) in [6.45, 7) is 3.50. The maximum atomic E-state index is 12.9. The Morgan fingerprint density at radius 3 is 2.23 bits per heavy atom. The predicted octanol–water partition coefficient (Wildman–Crippen LogP) is 1.44. The number of benzene rings is 1. The molecule has 0 aliphatic carbocycles. The number of nitrogens with one attached hydrogen (secondary N) is 3. The molecule has 0 aliphatic heterocycles. The van der Waals surface area contributed by atoms with Gasteiger partial charge in [0.1, 0.15) is 11.9 Å². The number of hydrazine groups is 1. The zero-order valence-corrected chi connectivity index (χ0v) is 14.3. The van der Waals surface area contributed by atoms with E-state index in [4.69, 9.17) is 0 Å². The van der Waals surface area contributed by atoms with Gasteiger partial charge in [-0.1, -0.05) is 13.8 Å². The highest BCUT2D eigenvalue weighted by Gasteiger charge is 2.25. The van der Waals surface area contributed by atoms with E-state index in [2.05, 4.69) is 21.2 Å². The molecular weight excluding hydrogens is 339 g/mol. The van der Waals surface area contributed by atoms with Crippen molar-refractivity contribution in [3.05, 3.63) is 65.7 Å². The van der Waals surface area contributed by atoms with Gasteiger partial charge in [-0.15, -0.1) is 0 Å². The Morgan fingerprint density at radius 2 is 1.65 bits per heavy atom. The molecule has 1 aromatic carbocycles. The van der Waals surface area contributed by atoms with E-state index >= 15 is 0 Å². The van der Waals surface area contributed by atoms with Crippen LogP contribution in [0.1, 0.15) is 34.6 Å². The topological polar surface area (TPSA) is 100 Å². The Morgan fingerprint density at radius 1 is 0.962 bits per heavy atom. The van der Waals surface area contributed by atoms with E-state index in [1.807, 2.05) is 0 Å². The number of rotatable bonds is 5. The van der Waals surface area contributed by atoms with Gasteiger partial charge in [-0.05, 0) is 42.3 Å². The normalized spacial score (nSPS) is 11.5. The van der Waals surface area contributed by atoms with Crippen LogP contribution in [0.15, 0.2) is 48.8 Å². The monoisotopic (exact) mass is 358 g/mol. The van der Waals surface area contributed by atoms with E-state index in [0.29, 0.717) is 0 Å². The van der Waals surface area contributed by atoms with Crippen molar-refractivity contribution in [1.82, 2.24) is 21.2 Å². The molecule has 2 rings (SSSR count). The number of hydrogen-bond donors (Lipinski definition) is 3. The molecule has 0 saturated carbocycles. The molecule has 136 valence electrons. The lowest BCUT2D eigenvalue weighted by Crippen LogP contribution is -2.54. The van der Waals surface area contributed by atoms with E-state index in [-0.39, 0.29) is 17.0 Å². The molecule has 3 N–H and O–H groups in total. The minimum absolute atomic E-state index is 0.226. The van der Waals surface area contributed by atoms with Crippen LogP contribution in [-0.2, 0) is 4.79 Å². The van der Waals surface area contributed by atoms with Crippen molar-refractivity contribution in [2.75, 3.05) is 0 Å². The molecular formula is C18H19FN4O3. The van der Waals surface area contributed by atoms with Gasteiger partial charge in [0, 0.05) is 18.0 Å². The lowest BCUT2D eigenvalue weighted by molar-refractivity contribution is -0.124. The number of halogens is 1. The minimum atomic E-state index is -0.887. The number of carbonyl (C=O) groups is 3. The van der Waals surface area contributed by atoms with Crippen LogP contribution in [0.2, 0.25) is 0 Å². The average Bonchev–Trinajstić information content (AvgIpc) is 2.64. The van der Waals surface area contributed by atoms with Crippen LogP contribution in [0, 0.1) is 11.7 Å². The zero-order valence-electron chi connectivity index (χ0n) is 14.3. The first-order valence-electron chi connectivity index (χ1n) is 7.95. The van der Waals surface area contributed by atoms with Crippen LogP contribution in [0.3, 0.4) is 0 Å². The Labute approximate surface area is 150 Å². The Hall–Kier alpha value is -3.29. The van der Waals surface area contributed by atoms with Crippen molar-refractivity contribution in [1.29, 1.82) is 0 Å². The molecule has 0 aliphatic rings. The van der Waals surface area contributed by atoms with Crippen LogP contribution in [-0.4, -0.2) is 28.7 Å². The number of aromatic nitrogens is 1. The molecule has 1 heterocycles. The van der Waals surface area contributed by atoms with Gasteiger partial charge in [-0.25, -0.2) is 4.39 Å². The number of pyridine rings is 1. The molecule has 3 amide bonds. The molecule has 1 atom stereocenters. The van der Waals surface area contributed by atoms with Crippen LogP contribution >= 0.6 is 0 Å². The van der Waals surface area contributed by atoms with Crippen molar-refractivity contribution in [3.8, 4) is 0 Å². The Kier molecular flexibility index (Phi) is 6.37. The number of amides is 3. The van der Waals surface area contributed by atoms with E-state index in [9.17, 15) is 18.8 Å². The molecule has 2 aromatic rings. The standard InChI is InChI=1S/C18H19FN4O3/c1-11(2)15(21-16(24)12-5-7-14(19)8-6-12)18(26)23-22-17(25)13-4-3-9-20-10-13/h3-11,15H,1-2H3,(H,21,24)(H,22,25)(H,23,26). The summed E-state index contributed by atoms with van der Waals surface area (Å²) in [5, 5.41) is 2.58. The molecule has 0 radical (unpaired) electrons. The Balaban J connectivity index is 1.97. The second-order valence-corrected chi connectivity index (χ2v) is 5.89. The summed E-state index contributed by atoms with van der Waals surface area (Å²) in [6, 6.07) is 7.22. The maximum absolute atomic E-state index is 12.9. The van der Waals surface area contributed by atoms with Crippen LogP contribution in [0.4, 0.5) is 4.39 Å². The molecule has 8 heteroatoms. The van der Waals surface area contributed by atoms with Gasteiger partial charge in [0.05, 0.1) is 5.56 Å². The third-order valence-corrected chi connectivity index (χ3v) is 3.57. The smallest absolute Gasteiger partial charge is 0.271 e. The highest BCUT2D eigenvalue weighted by molar-refractivity contribution is 5.99. The van der Waals surface area contributed by atoms with Crippen LogP contribution < -0.4 is 16.2 Å². The molecule has 0 fully saturated rings. The first-order chi connectivity index (χ1) is 12.4. The first-order valence-corrected chi connectivity index (χ1v) is 7.95. The number of hydrogen-bond acceptors (Lipinski definition) is 4. The molecule has 7 nitrogen and oxygen atoms in total. The van der Waals surface area contributed by atoms with Gasteiger partial charge >= 0.3 is 0 Å². The van der Waals surface area contributed by atoms with Crippen molar-refractivity contribution in [3.63, 3.8) is 0 Å². The summed E-state index contributed by atoms with van der Waals surface area (Å²) in [7, 11) is 0. The van der Waals surface area contributed by atoms with Crippen molar-refractivity contribution >= 4 is 17.7 Å². The lowest BCUT2D eigenvalue weighted by Gasteiger charge is -2.21. The van der Waals surface area contributed by atoms with Crippen LogP contribution in [0.25, 0.3) is 0 Å². The largest absolute Gasteiger partial charge is 0.340 e. The van der Waals surface area contributed by atoms with E-state index in [1.165, 1.54) is 24.5 Å². The third kappa shape index (κ3) is 5.10. The highest BCUT2D eigenvalue weighted by Crippen LogP contribution is 2.06. The van der Waals surface area contributed by atoms with Gasteiger partial charge in [-0.2, -0.15) is 0 Å². The number of carbonyl (C=O) groups excluding carboxylic acids is 3. The summed E-state index contributed by atoms with van der Waals surface area (Å²) in [5.41, 5.74) is 5.07. The molecule has 0 spiro atoms. The summed E-state index contributed by atoms with van der Waals surface area (Å²) < 4.78 is 12.9. The molecule has 0 bridgehead atoms. The molecule has 1 aromatic heterocycles. The van der Waals surface area contributed by atoms with Gasteiger partial charge in [0.2, 0.25) is 0 Å². The van der Waals surface area contributed by atoms with E-state index in [0.717, 1.165) is 12.1 Å². The van der Waals surface area contributed by atoms with E-state index in [1.54, 1.807) is 26.0 Å².